The summed E-state index contributed by atoms with van der Waals surface area (Å²) in [5, 5.41) is 2.82. The van der Waals surface area contributed by atoms with Gasteiger partial charge in [-0.3, -0.25) is 9.52 Å². The first-order chi connectivity index (χ1) is 11.2. The SMILES string of the molecule is CCCCNC(=O)c1cc(NS(C)(=O)=O)ccc1OCC=C(C)C. The van der Waals surface area contributed by atoms with Gasteiger partial charge in [-0.1, -0.05) is 18.9 Å². The maximum atomic E-state index is 12.4. The largest absolute Gasteiger partial charge is 0.489 e. The fraction of sp³-hybridized carbons (Fsp3) is 0.471. The summed E-state index contributed by atoms with van der Waals surface area (Å²) < 4.78 is 30.8. The van der Waals surface area contributed by atoms with E-state index in [1.165, 1.54) is 6.07 Å². The highest BCUT2D eigenvalue weighted by atomic mass is 32.2. The number of carbonyl (C=O) groups excluding carboxylic acids is 1. The van der Waals surface area contributed by atoms with Gasteiger partial charge in [0.2, 0.25) is 10.0 Å². The fourth-order valence-electron chi connectivity index (χ4n) is 1.88. The summed E-state index contributed by atoms with van der Waals surface area (Å²) in [6.07, 6.45) is 4.81. The van der Waals surface area contributed by atoms with Crippen molar-refractivity contribution in [2.45, 2.75) is 33.6 Å². The van der Waals surface area contributed by atoms with E-state index in [2.05, 4.69) is 10.0 Å². The lowest BCUT2D eigenvalue weighted by atomic mass is 10.1. The van der Waals surface area contributed by atoms with Crippen molar-refractivity contribution in [1.29, 1.82) is 0 Å². The Morgan fingerprint density at radius 2 is 2.00 bits per heavy atom. The van der Waals surface area contributed by atoms with E-state index >= 15 is 0 Å². The van der Waals surface area contributed by atoms with Crippen molar-refractivity contribution in [3.8, 4) is 5.75 Å². The predicted molar refractivity (Wildman–Crippen MR) is 97.1 cm³/mol. The minimum Gasteiger partial charge on any atom is -0.489 e. The van der Waals surface area contributed by atoms with Gasteiger partial charge in [-0.05, 0) is 44.5 Å². The number of nitrogens with one attached hydrogen (secondary N) is 2. The number of anilines is 1. The summed E-state index contributed by atoms with van der Waals surface area (Å²) in [6, 6.07) is 4.66. The van der Waals surface area contributed by atoms with E-state index in [0.29, 0.717) is 30.2 Å². The van der Waals surface area contributed by atoms with Gasteiger partial charge in [0, 0.05) is 12.2 Å². The molecule has 1 aromatic rings. The molecule has 134 valence electrons. The number of ether oxygens (including phenoxy) is 1. The highest BCUT2D eigenvalue weighted by Gasteiger charge is 2.14. The maximum absolute atomic E-state index is 12.4. The Morgan fingerprint density at radius 1 is 1.29 bits per heavy atom. The van der Waals surface area contributed by atoms with Crippen LogP contribution in [0, 0.1) is 0 Å². The van der Waals surface area contributed by atoms with Crippen LogP contribution in [0.1, 0.15) is 44.0 Å². The average Bonchev–Trinajstić information content (AvgIpc) is 2.46. The molecule has 1 rings (SSSR count). The highest BCUT2D eigenvalue weighted by molar-refractivity contribution is 7.92. The highest BCUT2D eigenvalue weighted by Crippen LogP contribution is 2.24. The van der Waals surface area contributed by atoms with Gasteiger partial charge in [0.15, 0.2) is 0 Å². The molecular weight excluding hydrogens is 328 g/mol. The van der Waals surface area contributed by atoms with Gasteiger partial charge in [0.1, 0.15) is 12.4 Å². The number of rotatable bonds is 9. The molecule has 2 N–H and O–H groups in total. The minimum atomic E-state index is -3.41. The third kappa shape index (κ3) is 7.50. The first-order valence-corrected chi connectivity index (χ1v) is 9.78. The number of benzene rings is 1. The molecule has 1 amide bonds. The summed E-state index contributed by atoms with van der Waals surface area (Å²) in [4.78, 5) is 12.4. The molecule has 1 aromatic carbocycles. The first kappa shape index (κ1) is 20.0. The molecule has 24 heavy (non-hydrogen) atoms. The Labute approximate surface area is 144 Å². The third-order valence-electron chi connectivity index (χ3n) is 3.07. The summed E-state index contributed by atoms with van der Waals surface area (Å²) in [5.74, 6) is 0.133. The van der Waals surface area contributed by atoms with Crippen molar-refractivity contribution in [1.82, 2.24) is 5.32 Å². The summed E-state index contributed by atoms with van der Waals surface area (Å²) >= 11 is 0. The number of allylic oxidation sites excluding steroid dienone is 1. The quantitative estimate of drug-likeness (QED) is 0.527. The molecule has 0 unspecified atom stereocenters. The Balaban J connectivity index is 3.03. The standard InChI is InChI=1S/C17H26N2O4S/c1-5-6-10-18-17(20)15-12-14(19-24(4,21)22)7-8-16(15)23-11-9-13(2)3/h7-9,12,19H,5-6,10-11H2,1-4H3,(H,18,20). The van der Waals surface area contributed by atoms with E-state index in [0.717, 1.165) is 24.7 Å². The molecule has 7 heteroatoms. The van der Waals surface area contributed by atoms with Crippen molar-refractivity contribution in [3.63, 3.8) is 0 Å². The summed E-state index contributed by atoms with van der Waals surface area (Å²) in [7, 11) is -3.41. The topological polar surface area (TPSA) is 84.5 Å². The molecular formula is C17H26N2O4S. The van der Waals surface area contributed by atoms with Gasteiger partial charge < -0.3 is 10.1 Å². The van der Waals surface area contributed by atoms with Crippen LogP contribution < -0.4 is 14.8 Å². The molecule has 0 aliphatic carbocycles. The number of sulfonamides is 1. The van der Waals surface area contributed by atoms with Gasteiger partial charge in [0.05, 0.1) is 11.8 Å². The second-order valence-electron chi connectivity index (χ2n) is 5.79. The molecule has 0 saturated carbocycles. The molecule has 0 atom stereocenters. The molecule has 0 aliphatic rings. The van der Waals surface area contributed by atoms with Crippen LogP contribution in [0.4, 0.5) is 5.69 Å². The van der Waals surface area contributed by atoms with Crippen LogP contribution in [0.5, 0.6) is 5.75 Å². The minimum absolute atomic E-state index is 0.284. The summed E-state index contributed by atoms with van der Waals surface area (Å²) in [6.45, 7) is 6.86. The van der Waals surface area contributed by atoms with Gasteiger partial charge in [-0.15, -0.1) is 0 Å². The second-order valence-corrected chi connectivity index (χ2v) is 7.54. The van der Waals surface area contributed by atoms with Gasteiger partial charge in [0.25, 0.3) is 5.91 Å². The van der Waals surface area contributed by atoms with Gasteiger partial charge in [-0.25, -0.2) is 8.42 Å². The smallest absolute Gasteiger partial charge is 0.255 e. The maximum Gasteiger partial charge on any atom is 0.255 e. The Morgan fingerprint density at radius 3 is 2.58 bits per heavy atom. The Kier molecular flexibility index (Phi) is 7.78. The van der Waals surface area contributed by atoms with Crippen molar-refractivity contribution in [2.75, 3.05) is 24.1 Å². The number of unbranched alkanes of at least 4 members (excludes halogenated alkanes) is 1. The first-order valence-electron chi connectivity index (χ1n) is 7.89. The molecule has 0 saturated heterocycles. The number of carbonyl (C=O) groups is 1. The van der Waals surface area contributed by atoms with Crippen molar-refractivity contribution in [3.05, 3.63) is 35.4 Å². The average molecular weight is 354 g/mol. The Bertz CT molecular complexity index is 693. The lowest BCUT2D eigenvalue weighted by Crippen LogP contribution is -2.25. The van der Waals surface area contributed by atoms with Crippen LogP contribution in [0.2, 0.25) is 0 Å². The molecule has 0 heterocycles. The number of amides is 1. The normalized spacial score (nSPS) is 10.8. The van der Waals surface area contributed by atoms with Crippen molar-refractivity contribution in [2.24, 2.45) is 0 Å². The zero-order valence-electron chi connectivity index (χ0n) is 14.7. The molecule has 0 aromatic heterocycles. The molecule has 0 radical (unpaired) electrons. The fourth-order valence-corrected chi connectivity index (χ4v) is 2.44. The zero-order chi connectivity index (χ0) is 18.2. The molecule has 0 spiro atoms. The second kappa shape index (κ2) is 9.32. The van der Waals surface area contributed by atoms with Crippen LogP contribution in [0.15, 0.2) is 29.8 Å². The van der Waals surface area contributed by atoms with E-state index in [9.17, 15) is 13.2 Å². The summed E-state index contributed by atoms with van der Waals surface area (Å²) in [5.41, 5.74) is 1.74. The lowest BCUT2D eigenvalue weighted by molar-refractivity contribution is 0.0949. The van der Waals surface area contributed by atoms with Crippen LogP contribution in [0.3, 0.4) is 0 Å². The number of hydrogen-bond acceptors (Lipinski definition) is 4. The van der Waals surface area contributed by atoms with Gasteiger partial charge >= 0.3 is 0 Å². The van der Waals surface area contributed by atoms with Crippen LogP contribution in [0.25, 0.3) is 0 Å². The van der Waals surface area contributed by atoms with Gasteiger partial charge in [-0.2, -0.15) is 0 Å². The van der Waals surface area contributed by atoms with Crippen LogP contribution >= 0.6 is 0 Å². The van der Waals surface area contributed by atoms with E-state index in [4.69, 9.17) is 4.74 Å². The molecule has 0 fully saturated rings. The van der Waals surface area contributed by atoms with E-state index < -0.39 is 10.0 Å². The monoisotopic (exact) mass is 354 g/mol. The Hall–Kier alpha value is -2.02. The molecule has 6 nitrogen and oxygen atoms in total. The zero-order valence-corrected chi connectivity index (χ0v) is 15.5. The van der Waals surface area contributed by atoms with Crippen LogP contribution in [-0.2, 0) is 10.0 Å². The number of hydrogen-bond donors (Lipinski definition) is 2. The van der Waals surface area contributed by atoms with E-state index in [1.54, 1.807) is 12.1 Å². The van der Waals surface area contributed by atoms with Crippen molar-refractivity contribution < 1.29 is 17.9 Å². The third-order valence-corrected chi connectivity index (χ3v) is 3.68. The van der Waals surface area contributed by atoms with Crippen molar-refractivity contribution >= 4 is 21.6 Å². The van der Waals surface area contributed by atoms with E-state index in [-0.39, 0.29) is 5.91 Å². The lowest BCUT2D eigenvalue weighted by Gasteiger charge is -2.13. The molecule has 0 bridgehead atoms. The molecule has 0 aliphatic heterocycles. The van der Waals surface area contributed by atoms with E-state index in [1.807, 2.05) is 26.8 Å². The predicted octanol–water partition coefficient (Wildman–Crippen LogP) is 2.93. The van der Waals surface area contributed by atoms with Crippen LogP contribution in [-0.4, -0.2) is 33.7 Å².